The molecule has 1 saturated carbocycles. The largest absolute Gasteiger partial charge is 0.483 e. The first kappa shape index (κ1) is 21.0. The number of amides is 1. The first-order valence-electron chi connectivity index (χ1n) is 9.58. The number of hydrogen-bond acceptors (Lipinski definition) is 4. The smallest absolute Gasteiger partial charge is 0.422 e. The fourth-order valence-corrected chi connectivity index (χ4v) is 3.47. The van der Waals surface area contributed by atoms with Crippen molar-refractivity contribution in [3.8, 4) is 16.9 Å². The minimum Gasteiger partial charge on any atom is -0.483 e. The number of aliphatic hydroxyl groups excluding tert-OH is 1. The van der Waals surface area contributed by atoms with Crippen LogP contribution in [0.25, 0.3) is 22.0 Å². The lowest BCUT2D eigenvalue weighted by Gasteiger charge is -2.29. The van der Waals surface area contributed by atoms with E-state index in [2.05, 4.69) is 10.3 Å². The zero-order chi connectivity index (χ0) is 22.2. The average Bonchev–Trinajstić information content (AvgIpc) is 2.70. The van der Waals surface area contributed by atoms with Crippen molar-refractivity contribution >= 4 is 22.6 Å². The normalized spacial score (nSPS) is 18.5. The van der Waals surface area contributed by atoms with E-state index in [4.69, 9.17) is 4.74 Å². The van der Waals surface area contributed by atoms with Gasteiger partial charge in [-0.05, 0) is 43.2 Å². The van der Waals surface area contributed by atoms with Crippen LogP contribution in [0.4, 0.5) is 23.4 Å². The summed E-state index contributed by atoms with van der Waals surface area (Å²) in [5, 5.41) is 12.2. The Kier molecular flexibility index (Phi) is 5.53. The number of nitrogens with one attached hydrogen (secondary N) is 1. The summed E-state index contributed by atoms with van der Waals surface area (Å²) in [7, 11) is 0. The number of rotatable bonds is 5. The van der Waals surface area contributed by atoms with Crippen LogP contribution in [0.2, 0.25) is 0 Å². The average molecular weight is 434 g/mol. The van der Waals surface area contributed by atoms with Gasteiger partial charge in [0.25, 0.3) is 0 Å². The maximum Gasteiger partial charge on any atom is 0.422 e. The molecule has 2 aromatic carbocycles. The summed E-state index contributed by atoms with van der Waals surface area (Å²) in [6.07, 6.45) is -4.27. The van der Waals surface area contributed by atoms with E-state index in [0.29, 0.717) is 24.0 Å². The monoisotopic (exact) mass is 434 g/mol. The lowest BCUT2D eigenvalue weighted by atomic mass is 9.82. The highest BCUT2D eigenvalue weighted by molar-refractivity contribution is 5.98. The van der Waals surface area contributed by atoms with Crippen molar-refractivity contribution in [3.05, 3.63) is 54.3 Å². The minimum absolute atomic E-state index is 0.0209. The lowest BCUT2D eigenvalue weighted by Crippen LogP contribution is -2.37. The number of fused-ring (bicyclic) bond motifs is 1. The van der Waals surface area contributed by atoms with Crippen LogP contribution in [0, 0.1) is 11.7 Å². The van der Waals surface area contributed by atoms with Gasteiger partial charge in [-0.25, -0.2) is 9.37 Å². The predicted octanol–water partition coefficient (Wildman–Crippen LogP) is 4.69. The van der Waals surface area contributed by atoms with E-state index in [1.807, 2.05) is 0 Å². The summed E-state index contributed by atoms with van der Waals surface area (Å²) in [6.45, 7) is -1.47. The molecule has 0 unspecified atom stereocenters. The van der Waals surface area contributed by atoms with E-state index in [0.717, 1.165) is 0 Å². The molecule has 4 rings (SSSR count). The Morgan fingerprint density at radius 3 is 2.55 bits per heavy atom. The number of hydrogen-bond donors (Lipinski definition) is 2. The van der Waals surface area contributed by atoms with Crippen LogP contribution >= 0.6 is 0 Å². The van der Waals surface area contributed by atoms with Gasteiger partial charge in [-0.1, -0.05) is 18.2 Å². The fraction of sp³-hybridized carbons (Fsp3) is 0.273. The Morgan fingerprint density at radius 1 is 1.10 bits per heavy atom. The van der Waals surface area contributed by atoms with Gasteiger partial charge in [0.1, 0.15) is 17.4 Å². The number of aromatic nitrogens is 1. The third-order valence-electron chi connectivity index (χ3n) is 5.11. The second-order valence-corrected chi connectivity index (χ2v) is 7.40. The summed E-state index contributed by atoms with van der Waals surface area (Å²) >= 11 is 0. The van der Waals surface area contributed by atoms with Crippen LogP contribution in [0.5, 0.6) is 5.75 Å². The van der Waals surface area contributed by atoms with Crippen molar-refractivity contribution in [1.29, 1.82) is 0 Å². The van der Waals surface area contributed by atoms with E-state index in [-0.39, 0.29) is 34.3 Å². The van der Waals surface area contributed by atoms with Crippen LogP contribution < -0.4 is 10.1 Å². The third kappa shape index (κ3) is 4.61. The number of nitrogens with zero attached hydrogens (tertiary/aromatic N) is 1. The highest BCUT2D eigenvalue weighted by atomic mass is 19.4. The lowest BCUT2D eigenvalue weighted by molar-refractivity contribution is -0.153. The minimum atomic E-state index is -4.51. The molecule has 162 valence electrons. The zero-order valence-corrected chi connectivity index (χ0v) is 16.1. The maximum atomic E-state index is 14.4. The number of pyridine rings is 1. The molecule has 1 heterocycles. The number of para-hydroxylation sites is 1. The number of aliphatic hydroxyl groups is 1. The van der Waals surface area contributed by atoms with Crippen LogP contribution in [-0.2, 0) is 4.79 Å². The molecule has 0 aliphatic heterocycles. The van der Waals surface area contributed by atoms with Crippen molar-refractivity contribution in [1.82, 2.24) is 4.98 Å². The second kappa shape index (κ2) is 8.14. The van der Waals surface area contributed by atoms with Crippen molar-refractivity contribution < 1.29 is 32.2 Å². The molecular formula is C22H18F4N2O3. The molecule has 1 aromatic heterocycles. The van der Waals surface area contributed by atoms with Gasteiger partial charge in [-0.3, -0.25) is 4.79 Å². The highest BCUT2D eigenvalue weighted by Crippen LogP contribution is 2.36. The Morgan fingerprint density at radius 2 is 1.84 bits per heavy atom. The number of carbonyl (C=O) groups excluding carboxylic acids is 1. The Hall–Kier alpha value is -3.20. The van der Waals surface area contributed by atoms with E-state index in [9.17, 15) is 27.5 Å². The van der Waals surface area contributed by atoms with Gasteiger partial charge in [0.15, 0.2) is 6.61 Å². The Balaban J connectivity index is 1.71. The summed E-state index contributed by atoms with van der Waals surface area (Å²) in [5.41, 5.74) is 0.855. The molecule has 0 atom stereocenters. The third-order valence-corrected chi connectivity index (χ3v) is 5.11. The SMILES string of the molecule is O=C(Nc1ccc2c(F)ccc(-c3ccccc3OCC(F)(F)F)c2n1)C1CC(O)C1. The predicted molar refractivity (Wildman–Crippen MR) is 106 cm³/mol. The summed E-state index contributed by atoms with van der Waals surface area (Å²) in [5.74, 6) is -1.02. The molecule has 1 aliphatic carbocycles. The van der Waals surface area contributed by atoms with E-state index in [1.54, 1.807) is 12.1 Å². The van der Waals surface area contributed by atoms with Gasteiger partial charge in [0.05, 0.1) is 11.6 Å². The molecule has 1 aliphatic rings. The van der Waals surface area contributed by atoms with E-state index >= 15 is 0 Å². The van der Waals surface area contributed by atoms with Gasteiger partial charge in [-0.2, -0.15) is 13.2 Å². The molecule has 2 N–H and O–H groups in total. The van der Waals surface area contributed by atoms with Crippen LogP contribution in [0.15, 0.2) is 48.5 Å². The van der Waals surface area contributed by atoms with E-state index < -0.39 is 24.7 Å². The quantitative estimate of drug-likeness (QED) is 0.572. The molecular weight excluding hydrogens is 416 g/mol. The number of anilines is 1. The number of benzene rings is 2. The van der Waals surface area contributed by atoms with Gasteiger partial charge in [0.2, 0.25) is 5.91 Å². The summed E-state index contributed by atoms with van der Waals surface area (Å²) < 4.78 is 57.2. The standard InChI is InChI=1S/C22H18F4N2O3/c23-17-7-5-15(14-3-1-2-4-18(14)31-11-22(24,25)26)20-16(17)6-8-19(27-20)28-21(30)12-9-13(29)10-12/h1-8,12-13,29H,9-11H2,(H,27,28,30). The number of halogens is 4. The number of carbonyl (C=O) groups is 1. The molecule has 0 saturated heterocycles. The summed E-state index contributed by atoms with van der Waals surface area (Å²) in [4.78, 5) is 16.6. The first-order chi connectivity index (χ1) is 14.7. The highest BCUT2D eigenvalue weighted by Gasteiger charge is 2.33. The molecule has 0 bridgehead atoms. The zero-order valence-electron chi connectivity index (χ0n) is 16.1. The van der Waals surface area contributed by atoms with Gasteiger partial charge < -0.3 is 15.2 Å². The van der Waals surface area contributed by atoms with E-state index in [1.165, 1.54) is 36.4 Å². The number of alkyl halides is 3. The van der Waals surface area contributed by atoms with Crippen molar-refractivity contribution in [3.63, 3.8) is 0 Å². The molecule has 1 amide bonds. The van der Waals surface area contributed by atoms with Gasteiger partial charge in [0, 0.05) is 22.4 Å². The second-order valence-electron chi connectivity index (χ2n) is 7.40. The number of ether oxygens (including phenoxy) is 1. The van der Waals surface area contributed by atoms with Crippen LogP contribution in [0.3, 0.4) is 0 Å². The molecule has 31 heavy (non-hydrogen) atoms. The molecule has 0 radical (unpaired) electrons. The van der Waals surface area contributed by atoms with Crippen LogP contribution in [0.1, 0.15) is 12.8 Å². The van der Waals surface area contributed by atoms with Gasteiger partial charge >= 0.3 is 6.18 Å². The van der Waals surface area contributed by atoms with Crippen molar-refractivity contribution in [2.24, 2.45) is 5.92 Å². The molecule has 5 nitrogen and oxygen atoms in total. The maximum absolute atomic E-state index is 14.4. The van der Waals surface area contributed by atoms with Crippen molar-refractivity contribution in [2.45, 2.75) is 25.1 Å². The topological polar surface area (TPSA) is 71.5 Å². The molecule has 0 spiro atoms. The Labute approximate surface area is 174 Å². The van der Waals surface area contributed by atoms with Crippen molar-refractivity contribution in [2.75, 3.05) is 11.9 Å². The molecule has 3 aromatic rings. The Bertz CT molecular complexity index is 1130. The van der Waals surface area contributed by atoms with Crippen LogP contribution in [-0.4, -0.2) is 34.9 Å². The molecule has 9 heteroatoms. The fourth-order valence-electron chi connectivity index (χ4n) is 3.47. The summed E-state index contributed by atoms with van der Waals surface area (Å²) in [6, 6.07) is 11.6. The van der Waals surface area contributed by atoms with Gasteiger partial charge in [-0.15, -0.1) is 0 Å². The molecule has 1 fully saturated rings. The first-order valence-corrected chi connectivity index (χ1v) is 9.58.